The van der Waals surface area contributed by atoms with E-state index in [4.69, 9.17) is 10.0 Å². The molecule has 0 bridgehead atoms. The summed E-state index contributed by atoms with van der Waals surface area (Å²) in [6.45, 7) is 0. The maximum Gasteiger partial charge on any atom is 0.488 e. The van der Waals surface area contributed by atoms with Gasteiger partial charge in [-0.3, -0.25) is 4.79 Å². The first-order valence-corrected chi connectivity index (χ1v) is 4.63. The molecule has 1 aromatic rings. The molecule has 0 radical (unpaired) electrons. The lowest BCUT2D eigenvalue weighted by molar-refractivity contribution is -0.113. The number of thiol groups is 1. The van der Waals surface area contributed by atoms with E-state index in [1.807, 2.05) is 0 Å². The Balaban J connectivity index is 2.78. The third kappa shape index (κ3) is 3.06. The van der Waals surface area contributed by atoms with Gasteiger partial charge in [0.25, 0.3) is 0 Å². The van der Waals surface area contributed by atoms with E-state index in [9.17, 15) is 4.79 Å². The number of hydrogen-bond acceptors (Lipinski definition) is 4. The van der Waals surface area contributed by atoms with E-state index >= 15 is 0 Å². The third-order valence-corrected chi connectivity index (χ3v) is 1.90. The molecule has 0 heterocycles. The number of hydrogen-bond donors (Lipinski definition) is 4. The monoisotopic (exact) mass is 211 g/mol. The molecular weight excluding hydrogens is 201 g/mol. The molecule has 0 saturated heterocycles. The zero-order valence-electron chi connectivity index (χ0n) is 7.34. The molecule has 0 aliphatic rings. The summed E-state index contributed by atoms with van der Waals surface area (Å²) in [5.41, 5.74) is 0.858. The van der Waals surface area contributed by atoms with Crippen molar-refractivity contribution in [3.63, 3.8) is 0 Å². The van der Waals surface area contributed by atoms with Gasteiger partial charge in [0.1, 0.15) is 0 Å². The zero-order chi connectivity index (χ0) is 10.6. The zero-order valence-corrected chi connectivity index (χ0v) is 8.24. The summed E-state index contributed by atoms with van der Waals surface area (Å²) in [6.07, 6.45) is 0. The van der Waals surface area contributed by atoms with E-state index in [1.54, 1.807) is 18.2 Å². The minimum absolute atomic E-state index is 0.0892. The summed E-state index contributed by atoms with van der Waals surface area (Å²) < 4.78 is 0. The van der Waals surface area contributed by atoms with Crippen molar-refractivity contribution in [2.45, 2.75) is 0 Å². The number of carbonyl (C=O) groups excluding carboxylic acids is 1. The maximum absolute atomic E-state index is 10.9. The van der Waals surface area contributed by atoms with Crippen LogP contribution in [-0.2, 0) is 4.79 Å². The Labute approximate surface area is 87.5 Å². The molecule has 0 unspecified atom stereocenters. The molecule has 6 heteroatoms. The van der Waals surface area contributed by atoms with E-state index in [0.29, 0.717) is 11.2 Å². The Morgan fingerprint density at radius 3 is 2.79 bits per heavy atom. The average molecular weight is 211 g/mol. The van der Waals surface area contributed by atoms with E-state index in [-0.39, 0.29) is 11.7 Å². The lowest BCUT2D eigenvalue weighted by Crippen LogP contribution is -2.30. The van der Waals surface area contributed by atoms with Crippen LogP contribution >= 0.6 is 12.6 Å². The highest BCUT2D eigenvalue weighted by molar-refractivity contribution is 7.81. The van der Waals surface area contributed by atoms with E-state index in [0.717, 1.165) is 0 Å². The van der Waals surface area contributed by atoms with Crippen LogP contribution < -0.4 is 10.8 Å². The van der Waals surface area contributed by atoms with Crippen molar-refractivity contribution in [2.24, 2.45) is 0 Å². The molecule has 14 heavy (non-hydrogen) atoms. The summed E-state index contributed by atoms with van der Waals surface area (Å²) in [6, 6.07) is 6.34. The number of amides is 1. The molecule has 0 fully saturated rings. The van der Waals surface area contributed by atoms with Crippen molar-refractivity contribution in [2.75, 3.05) is 11.1 Å². The van der Waals surface area contributed by atoms with Crippen LogP contribution in [0.4, 0.5) is 5.69 Å². The third-order valence-electron chi connectivity index (χ3n) is 1.61. The fourth-order valence-corrected chi connectivity index (χ4v) is 1.06. The Hall–Kier alpha value is -0.975. The van der Waals surface area contributed by atoms with Gasteiger partial charge in [-0.15, -0.1) is 0 Å². The first kappa shape index (κ1) is 11.1. The molecule has 3 N–H and O–H groups in total. The van der Waals surface area contributed by atoms with Gasteiger partial charge in [-0.2, -0.15) is 12.6 Å². The van der Waals surface area contributed by atoms with Gasteiger partial charge in [0.2, 0.25) is 5.91 Å². The number of nitrogens with one attached hydrogen (secondary N) is 1. The largest absolute Gasteiger partial charge is 0.488 e. The number of rotatable bonds is 3. The van der Waals surface area contributed by atoms with E-state index < -0.39 is 7.12 Å². The fourth-order valence-electron chi connectivity index (χ4n) is 0.978. The lowest BCUT2D eigenvalue weighted by Gasteiger charge is -2.05. The van der Waals surface area contributed by atoms with Gasteiger partial charge in [-0.25, -0.2) is 0 Å². The number of carbonyl (C=O) groups is 1. The molecule has 0 saturated carbocycles. The van der Waals surface area contributed by atoms with Crippen LogP contribution in [0, 0.1) is 0 Å². The molecule has 0 aliphatic carbocycles. The van der Waals surface area contributed by atoms with Gasteiger partial charge in [0.15, 0.2) is 0 Å². The van der Waals surface area contributed by atoms with Crippen LogP contribution in [0.1, 0.15) is 0 Å². The lowest BCUT2D eigenvalue weighted by atomic mass is 9.80. The topological polar surface area (TPSA) is 69.6 Å². The van der Waals surface area contributed by atoms with Crippen LogP contribution in [0.25, 0.3) is 0 Å². The minimum Gasteiger partial charge on any atom is -0.423 e. The molecule has 0 aliphatic heterocycles. The van der Waals surface area contributed by atoms with Crippen LogP contribution in [0.5, 0.6) is 0 Å². The predicted octanol–water partition coefficient (Wildman–Crippen LogP) is -0.765. The second-order valence-electron chi connectivity index (χ2n) is 2.71. The van der Waals surface area contributed by atoms with Crippen molar-refractivity contribution in [3.8, 4) is 0 Å². The normalized spacial score (nSPS) is 9.64. The predicted molar refractivity (Wildman–Crippen MR) is 58.8 cm³/mol. The van der Waals surface area contributed by atoms with Crippen molar-refractivity contribution in [3.05, 3.63) is 24.3 Å². The molecule has 74 valence electrons. The standard InChI is InChI=1S/C8H10BNO3S/c11-8(5-14)10-7-3-1-2-6(4-7)9(12)13/h1-4,12-14H,5H2,(H,10,11). The van der Waals surface area contributed by atoms with Crippen LogP contribution in [0.2, 0.25) is 0 Å². The molecule has 1 rings (SSSR count). The van der Waals surface area contributed by atoms with Crippen LogP contribution in [0.15, 0.2) is 24.3 Å². The van der Waals surface area contributed by atoms with E-state index in [2.05, 4.69) is 17.9 Å². The molecule has 1 aromatic carbocycles. The SMILES string of the molecule is O=C(CS)Nc1cccc(B(O)O)c1. The minimum atomic E-state index is -1.53. The molecule has 1 amide bonds. The summed E-state index contributed by atoms with van der Waals surface area (Å²) in [5.74, 6) is -0.149. The quantitative estimate of drug-likeness (QED) is 0.392. The molecular formula is C8H10BNO3S. The van der Waals surface area contributed by atoms with Crippen molar-refractivity contribution >= 4 is 36.8 Å². The summed E-state index contributed by atoms with van der Waals surface area (Å²) in [5, 5.41) is 20.3. The number of benzene rings is 1. The highest BCUT2D eigenvalue weighted by Gasteiger charge is 2.10. The Morgan fingerprint density at radius 1 is 1.50 bits per heavy atom. The first-order valence-electron chi connectivity index (χ1n) is 4.00. The van der Waals surface area contributed by atoms with Gasteiger partial charge in [0, 0.05) is 5.69 Å². The second kappa shape index (κ2) is 5.04. The summed E-state index contributed by atoms with van der Waals surface area (Å²) in [7, 11) is -1.53. The van der Waals surface area contributed by atoms with Crippen molar-refractivity contribution in [1.29, 1.82) is 0 Å². The smallest absolute Gasteiger partial charge is 0.423 e. The summed E-state index contributed by atoms with van der Waals surface area (Å²) in [4.78, 5) is 10.9. The first-order chi connectivity index (χ1) is 6.63. The highest BCUT2D eigenvalue weighted by Crippen LogP contribution is 2.03. The molecule has 0 spiro atoms. The van der Waals surface area contributed by atoms with Gasteiger partial charge >= 0.3 is 7.12 Å². The fraction of sp³-hybridized carbons (Fsp3) is 0.125. The van der Waals surface area contributed by atoms with Gasteiger partial charge in [-0.1, -0.05) is 12.1 Å². The Bertz CT molecular complexity index is 332. The number of anilines is 1. The van der Waals surface area contributed by atoms with E-state index in [1.165, 1.54) is 6.07 Å². The summed E-state index contributed by atoms with van der Waals surface area (Å²) >= 11 is 3.80. The molecule has 0 atom stereocenters. The van der Waals surface area contributed by atoms with Crippen molar-refractivity contribution < 1.29 is 14.8 Å². The second-order valence-corrected chi connectivity index (χ2v) is 3.02. The van der Waals surface area contributed by atoms with Gasteiger partial charge < -0.3 is 15.4 Å². The Morgan fingerprint density at radius 2 is 2.21 bits per heavy atom. The van der Waals surface area contributed by atoms with Crippen molar-refractivity contribution in [1.82, 2.24) is 0 Å². The van der Waals surface area contributed by atoms with Crippen LogP contribution in [-0.4, -0.2) is 28.8 Å². The van der Waals surface area contributed by atoms with Crippen LogP contribution in [0.3, 0.4) is 0 Å². The average Bonchev–Trinajstić information content (AvgIpc) is 2.18. The highest BCUT2D eigenvalue weighted by atomic mass is 32.1. The maximum atomic E-state index is 10.9. The molecule has 0 aromatic heterocycles. The van der Waals surface area contributed by atoms with Gasteiger partial charge in [-0.05, 0) is 17.6 Å². The van der Waals surface area contributed by atoms with Gasteiger partial charge in [0.05, 0.1) is 5.75 Å². The molecule has 4 nitrogen and oxygen atoms in total. The Kier molecular flexibility index (Phi) is 4.00.